The molecule has 0 radical (unpaired) electrons. The van der Waals surface area contributed by atoms with Crippen molar-refractivity contribution >= 4 is 0 Å². The van der Waals surface area contributed by atoms with E-state index in [9.17, 15) is 0 Å². The van der Waals surface area contributed by atoms with Crippen LogP contribution in [-0.2, 0) is 4.74 Å². The maximum Gasteiger partial charge on any atom is 0.0547 e. The van der Waals surface area contributed by atoms with Crippen molar-refractivity contribution in [3.05, 3.63) is 0 Å². The van der Waals surface area contributed by atoms with Crippen molar-refractivity contribution in [2.24, 2.45) is 0 Å². The highest BCUT2D eigenvalue weighted by Gasteiger charge is 2.00. The Morgan fingerprint density at radius 1 is 0.800 bits per heavy atom. The third kappa shape index (κ3) is 11.9. The second-order valence-electron chi connectivity index (χ2n) is 4.59. The Morgan fingerprint density at radius 3 is 2.07 bits per heavy atom. The van der Waals surface area contributed by atoms with Crippen LogP contribution in [0.25, 0.3) is 0 Å². The van der Waals surface area contributed by atoms with Crippen molar-refractivity contribution in [2.75, 3.05) is 6.61 Å². The van der Waals surface area contributed by atoms with E-state index in [4.69, 9.17) is 4.74 Å². The van der Waals surface area contributed by atoms with E-state index >= 15 is 0 Å². The smallest absolute Gasteiger partial charge is 0.0547 e. The summed E-state index contributed by atoms with van der Waals surface area (Å²) in [6.07, 6.45) is 12.5. The molecule has 0 saturated heterocycles. The predicted octanol–water partition coefficient (Wildman–Crippen LogP) is 4.94. The van der Waals surface area contributed by atoms with Gasteiger partial charge in [-0.25, -0.2) is 0 Å². The lowest BCUT2D eigenvalue weighted by Gasteiger charge is -2.12. The van der Waals surface area contributed by atoms with Crippen molar-refractivity contribution in [1.82, 2.24) is 0 Å². The summed E-state index contributed by atoms with van der Waals surface area (Å²) in [7, 11) is 0. The Kier molecular flexibility index (Phi) is 12.0. The molecular formula is C14H30O. The van der Waals surface area contributed by atoms with E-state index in [0.717, 1.165) is 6.61 Å². The Morgan fingerprint density at radius 2 is 1.40 bits per heavy atom. The van der Waals surface area contributed by atoms with Gasteiger partial charge >= 0.3 is 0 Å². The van der Waals surface area contributed by atoms with Crippen molar-refractivity contribution in [2.45, 2.75) is 84.7 Å². The monoisotopic (exact) mass is 214 g/mol. The Hall–Kier alpha value is -0.0400. The van der Waals surface area contributed by atoms with E-state index in [-0.39, 0.29) is 0 Å². The van der Waals surface area contributed by atoms with Gasteiger partial charge in [-0.1, -0.05) is 58.8 Å². The fraction of sp³-hybridized carbons (Fsp3) is 1.00. The van der Waals surface area contributed by atoms with Crippen molar-refractivity contribution < 1.29 is 4.74 Å². The van der Waals surface area contributed by atoms with Gasteiger partial charge in [-0.05, 0) is 19.8 Å². The average molecular weight is 214 g/mol. The van der Waals surface area contributed by atoms with Gasteiger partial charge in [0.25, 0.3) is 0 Å². The van der Waals surface area contributed by atoms with Crippen LogP contribution in [0.1, 0.15) is 78.6 Å². The van der Waals surface area contributed by atoms with Crippen LogP contribution in [-0.4, -0.2) is 12.7 Å². The van der Waals surface area contributed by atoms with E-state index in [0.29, 0.717) is 6.10 Å². The zero-order valence-electron chi connectivity index (χ0n) is 11.1. The summed E-state index contributed by atoms with van der Waals surface area (Å²) in [5, 5.41) is 0. The lowest BCUT2D eigenvalue weighted by molar-refractivity contribution is 0.0565. The van der Waals surface area contributed by atoms with Crippen LogP contribution in [0.15, 0.2) is 0 Å². The summed E-state index contributed by atoms with van der Waals surface area (Å²) in [6.45, 7) is 7.64. The molecule has 0 bridgehead atoms. The van der Waals surface area contributed by atoms with Gasteiger partial charge in [0.2, 0.25) is 0 Å². The van der Waals surface area contributed by atoms with Gasteiger partial charge in [-0.3, -0.25) is 0 Å². The second-order valence-corrected chi connectivity index (χ2v) is 4.59. The highest BCUT2D eigenvalue weighted by molar-refractivity contribution is 4.52. The molecule has 1 nitrogen and oxygen atoms in total. The molecule has 0 aliphatic carbocycles. The summed E-state index contributed by atoms with van der Waals surface area (Å²) in [5.74, 6) is 0. The maximum absolute atomic E-state index is 5.71. The fourth-order valence-electron chi connectivity index (χ4n) is 1.72. The van der Waals surface area contributed by atoms with E-state index < -0.39 is 0 Å². The molecule has 0 aromatic carbocycles. The normalized spacial score (nSPS) is 13.0. The zero-order valence-corrected chi connectivity index (χ0v) is 11.1. The Labute approximate surface area is 96.6 Å². The van der Waals surface area contributed by atoms with Crippen molar-refractivity contribution in [3.8, 4) is 0 Å². The van der Waals surface area contributed by atoms with Crippen LogP contribution in [0, 0.1) is 0 Å². The van der Waals surface area contributed by atoms with E-state index in [1.807, 2.05) is 0 Å². The quantitative estimate of drug-likeness (QED) is 0.442. The molecule has 0 aromatic heterocycles. The predicted molar refractivity (Wildman–Crippen MR) is 68.3 cm³/mol. The summed E-state index contributed by atoms with van der Waals surface area (Å²) >= 11 is 0. The minimum absolute atomic E-state index is 0.475. The number of hydrogen-bond acceptors (Lipinski definition) is 1. The molecule has 1 unspecified atom stereocenters. The molecular weight excluding hydrogens is 184 g/mol. The molecule has 15 heavy (non-hydrogen) atoms. The summed E-state index contributed by atoms with van der Waals surface area (Å²) in [4.78, 5) is 0. The molecule has 0 saturated carbocycles. The molecule has 1 heteroatoms. The van der Waals surface area contributed by atoms with Gasteiger partial charge < -0.3 is 4.74 Å². The number of unbranched alkanes of at least 4 members (excludes halogenated alkanes) is 6. The lowest BCUT2D eigenvalue weighted by atomic mass is 10.1. The SMILES string of the molecule is CCCCCCCCC(C)OCCCC. The van der Waals surface area contributed by atoms with Crippen LogP contribution in [0.4, 0.5) is 0 Å². The van der Waals surface area contributed by atoms with Crippen molar-refractivity contribution in [1.29, 1.82) is 0 Å². The van der Waals surface area contributed by atoms with Gasteiger partial charge in [-0.2, -0.15) is 0 Å². The Balaban J connectivity index is 3.06. The van der Waals surface area contributed by atoms with Crippen LogP contribution in [0.5, 0.6) is 0 Å². The highest BCUT2D eigenvalue weighted by atomic mass is 16.5. The molecule has 0 amide bonds. The topological polar surface area (TPSA) is 9.23 Å². The van der Waals surface area contributed by atoms with Gasteiger partial charge in [0.05, 0.1) is 6.10 Å². The van der Waals surface area contributed by atoms with Gasteiger partial charge in [-0.15, -0.1) is 0 Å². The van der Waals surface area contributed by atoms with Crippen molar-refractivity contribution in [3.63, 3.8) is 0 Å². The Bertz CT molecular complexity index is 112. The first kappa shape index (κ1) is 15.0. The first-order valence-corrected chi connectivity index (χ1v) is 6.92. The highest BCUT2D eigenvalue weighted by Crippen LogP contribution is 2.10. The molecule has 92 valence electrons. The fourth-order valence-corrected chi connectivity index (χ4v) is 1.72. The molecule has 0 N–H and O–H groups in total. The number of rotatable bonds is 11. The average Bonchev–Trinajstić information content (AvgIpc) is 2.23. The molecule has 0 heterocycles. The third-order valence-corrected chi connectivity index (χ3v) is 2.86. The minimum Gasteiger partial charge on any atom is -0.379 e. The van der Waals surface area contributed by atoms with Crippen LogP contribution in [0.2, 0.25) is 0 Å². The van der Waals surface area contributed by atoms with E-state index in [2.05, 4.69) is 20.8 Å². The molecule has 0 spiro atoms. The largest absolute Gasteiger partial charge is 0.379 e. The van der Waals surface area contributed by atoms with Gasteiger partial charge in [0.15, 0.2) is 0 Å². The molecule has 1 atom stereocenters. The molecule has 0 rings (SSSR count). The lowest BCUT2D eigenvalue weighted by Crippen LogP contribution is -2.08. The second kappa shape index (κ2) is 12.0. The van der Waals surface area contributed by atoms with Crippen LogP contribution >= 0.6 is 0 Å². The number of ether oxygens (including phenoxy) is 1. The molecule has 0 fully saturated rings. The zero-order chi connectivity index (χ0) is 11.4. The summed E-state index contributed by atoms with van der Waals surface area (Å²) in [5.41, 5.74) is 0. The molecule has 0 aliphatic heterocycles. The van der Waals surface area contributed by atoms with Gasteiger partial charge in [0, 0.05) is 6.61 Å². The summed E-state index contributed by atoms with van der Waals surface area (Å²) < 4.78 is 5.71. The molecule has 0 aliphatic rings. The maximum atomic E-state index is 5.71. The summed E-state index contributed by atoms with van der Waals surface area (Å²) in [6, 6.07) is 0. The van der Waals surface area contributed by atoms with E-state index in [1.54, 1.807) is 0 Å². The molecule has 0 aromatic rings. The van der Waals surface area contributed by atoms with Crippen LogP contribution in [0.3, 0.4) is 0 Å². The third-order valence-electron chi connectivity index (χ3n) is 2.86. The van der Waals surface area contributed by atoms with E-state index in [1.165, 1.54) is 57.8 Å². The van der Waals surface area contributed by atoms with Gasteiger partial charge in [0.1, 0.15) is 0 Å². The first-order valence-electron chi connectivity index (χ1n) is 6.92. The first-order chi connectivity index (χ1) is 7.31. The minimum atomic E-state index is 0.475. The standard InChI is InChI=1S/C14H30O/c1-4-6-8-9-10-11-12-14(3)15-13-7-5-2/h14H,4-13H2,1-3H3. The van der Waals surface area contributed by atoms with Crippen LogP contribution < -0.4 is 0 Å². The number of hydrogen-bond donors (Lipinski definition) is 0.